The van der Waals surface area contributed by atoms with Crippen molar-refractivity contribution < 1.29 is 4.79 Å². The predicted molar refractivity (Wildman–Crippen MR) is 112 cm³/mol. The molecule has 2 aromatic rings. The van der Waals surface area contributed by atoms with E-state index in [-0.39, 0.29) is 5.91 Å². The summed E-state index contributed by atoms with van der Waals surface area (Å²) in [4.78, 5) is 20.0. The van der Waals surface area contributed by atoms with Crippen LogP contribution in [0.2, 0.25) is 10.2 Å². The van der Waals surface area contributed by atoms with Crippen molar-refractivity contribution in [1.82, 2.24) is 20.5 Å². The average molecular weight is 419 g/mol. The van der Waals surface area contributed by atoms with Crippen LogP contribution in [0, 0.1) is 0 Å². The summed E-state index contributed by atoms with van der Waals surface area (Å²) in [6.07, 6.45) is 2.11. The van der Waals surface area contributed by atoms with Crippen molar-refractivity contribution in [2.75, 3.05) is 32.7 Å². The summed E-state index contributed by atoms with van der Waals surface area (Å²) in [6, 6.07) is 11.8. The van der Waals surface area contributed by atoms with E-state index in [9.17, 15) is 4.79 Å². The first-order valence-corrected chi connectivity index (χ1v) is 10.5. The normalized spacial score (nSPS) is 18.6. The number of halogens is 2. The fourth-order valence-corrected chi connectivity index (χ4v) is 4.84. The Morgan fingerprint density at radius 2 is 1.82 bits per heavy atom. The molecular weight excluding hydrogens is 395 g/mol. The van der Waals surface area contributed by atoms with E-state index < -0.39 is 5.54 Å². The van der Waals surface area contributed by atoms with E-state index in [0.29, 0.717) is 23.1 Å². The molecule has 0 atom stereocenters. The van der Waals surface area contributed by atoms with Crippen LogP contribution in [-0.4, -0.2) is 54.1 Å². The maximum absolute atomic E-state index is 13.4. The SMILES string of the molecule is O=C(NCCc1cc(Cl)cc(Cl)n1)C1(N2CCNCC2)Cc2ccccc2C1. The molecule has 0 unspecified atom stereocenters. The first-order valence-electron chi connectivity index (χ1n) is 9.70. The highest BCUT2D eigenvalue weighted by Crippen LogP contribution is 2.35. The zero-order chi connectivity index (χ0) is 19.6. The summed E-state index contributed by atoms with van der Waals surface area (Å²) >= 11 is 12.0. The lowest BCUT2D eigenvalue weighted by Gasteiger charge is -2.42. The Hall–Kier alpha value is -1.66. The maximum atomic E-state index is 13.4. The topological polar surface area (TPSA) is 57.3 Å². The third-order valence-electron chi connectivity index (χ3n) is 5.71. The zero-order valence-corrected chi connectivity index (χ0v) is 17.2. The predicted octanol–water partition coefficient (Wildman–Crippen LogP) is 2.49. The molecule has 1 aliphatic heterocycles. The Morgan fingerprint density at radius 3 is 2.46 bits per heavy atom. The highest BCUT2D eigenvalue weighted by atomic mass is 35.5. The van der Waals surface area contributed by atoms with Crippen LogP contribution in [0.5, 0.6) is 0 Å². The molecule has 1 aromatic carbocycles. The summed E-state index contributed by atoms with van der Waals surface area (Å²) in [5.41, 5.74) is 2.83. The number of carbonyl (C=O) groups is 1. The number of rotatable bonds is 5. The lowest BCUT2D eigenvalue weighted by atomic mass is 9.91. The van der Waals surface area contributed by atoms with Gasteiger partial charge in [-0.25, -0.2) is 4.98 Å². The fraction of sp³-hybridized carbons (Fsp3) is 0.429. The van der Waals surface area contributed by atoms with Crippen molar-refractivity contribution in [1.29, 1.82) is 0 Å². The van der Waals surface area contributed by atoms with Crippen LogP contribution in [-0.2, 0) is 24.1 Å². The van der Waals surface area contributed by atoms with Gasteiger partial charge in [-0.2, -0.15) is 0 Å². The molecule has 1 aliphatic carbocycles. The molecule has 5 nitrogen and oxygen atoms in total. The number of pyridine rings is 1. The molecule has 2 heterocycles. The number of aromatic nitrogens is 1. The number of benzene rings is 1. The van der Waals surface area contributed by atoms with Gasteiger partial charge in [-0.3, -0.25) is 9.69 Å². The van der Waals surface area contributed by atoms with Gasteiger partial charge in [-0.15, -0.1) is 0 Å². The third-order valence-corrected chi connectivity index (χ3v) is 6.12. The number of hydrogen-bond acceptors (Lipinski definition) is 4. The van der Waals surface area contributed by atoms with Crippen LogP contribution in [0.4, 0.5) is 0 Å². The van der Waals surface area contributed by atoms with Crippen LogP contribution in [0.1, 0.15) is 16.8 Å². The van der Waals surface area contributed by atoms with Gasteiger partial charge in [0, 0.05) is 62.7 Å². The second kappa shape index (κ2) is 8.37. The Morgan fingerprint density at radius 1 is 1.14 bits per heavy atom. The first kappa shape index (κ1) is 19.6. The molecule has 7 heteroatoms. The van der Waals surface area contributed by atoms with Crippen LogP contribution in [0.25, 0.3) is 0 Å². The molecule has 2 aliphatic rings. The van der Waals surface area contributed by atoms with E-state index in [4.69, 9.17) is 23.2 Å². The highest BCUT2D eigenvalue weighted by molar-refractivity contribution is 6.33. The second-order valence-electron chi connectivity index (χ2n) is 7.50. The van der Waals surface area contributed by atoms with Crippen molar-refractivity contribution in [3.8, 4) is 0 Å². The summed E-state index contributed by atoms with van der Waals surface area (Å²) in [5.74, 6) is 0.0960. The van der Waals surface area contributed by atoms with Crippen molar-refractivity contribution in [3.05, 3.63) is 63.4 Å². The third kappa shape index (κ3) is 4.03. The largest absolute Gasteiger partial charge is 0.354 e. The van der Waals surface area contributed by atoms with Gasteiger partial charge in [-0.1, -0.05) is 47.5 Å². The lowest BCUT2D eigenvalue weighted by Crippen LogP contribution is -2.64. The summed E-state index contributed by atoms with van der Waals surface area (Å²) in [5, 5.41) is 7.47. The molecule has 1 fully saturated rings. The van der Waals surface area contributed by atoms with Gasteiger partial charge < -0.3 is 10.6 Å². The average Bonchev–Trinajstić information content (AvgIpc) is 3.09. The van der Waals surface area contributed by atoms with E-state index in [0.717, 1.165) is 44.7 Å². The Balaban J connectivity index is 1.48. The van der Waals surface area contributed by atoms with Gasteiger partial charge in [0.1, 0.15) is 10.7 Å². The summed E-state index contributed by atoms with van der Waals surface area (Å²) in [7, 11) is 0. The van der Waals surface area contributed by atoms with E-state index in [2.05, 4.69) is 44.8 Å². The van der Waals surface area contributed by atoms with E-state index in [1.807, 2.05) is 0 Å². The van der Waals surface area contributed by atoms with E-state index >= 15 is 0 Å². The van der Waals surface area contributed by atoms with Gasteiger partial charge in [-0.05, 0) is 23.3 Å². The molecule has 0 radical (unpaired) electrons. The second-order valence-corrected chi connectivity index (χ2v) is 8.32. The maximum Gasteiger partial charge on any atom is 0.241 e. The summed E-state index contributed by atoms with van der Waals surface area (Å²) in [6.45, 7) is 4.10. The molecule has 4 rings (SSSR count). The number of amides is 1. The Labute approximate surface area is 175 Å². The molecule has 1 aromatic heterocycles. The molecule has 0 saturated carbocycles. The minimum Gasteiger partial charge on any atom is -0.354 e. The summed E-state index contributed by atoms with van der Waals surface area (Å²) < 4.78 is 0. The fourth-order valence-electron chi connectivity index (χ4n) is 4.33. The number of carbonyl (C=O) groups excluding carboxylic acids is 1. The van der Waals surface area contributed by atoms with Gasteiger partial charge in [0.15, 0.2) is 0 Å². The number of nitrogens with zero attached hydrogens (tertiary/aromatic N) is 2. The first-order chi connectivity index (χ1) is 13.6. The number of nitrogens with one attached hydrogen (secondary N) is 2. The standard InChI is InChI=1S/C21H24Cl2N4O/c22-17-11-18(26-19(23)12-17)5-6-25-20(28)21(27-9-7-24-8-10-27)13-15-3-1-2-4-16(15)14-21/h1-4,11-12,24H,5-10,13-14H2,(H,25,28). The molecule has 148 valence electrons. The molecule has 28 heavy (non-hydrogen) atoms. The van der Waals surface area contributed by atoms with Gasteiger partial charge in [0.25, 0.3) is 0 Å². The van der Waals surface area contributed by atoms with Crippen LogP contribution >= 0.6 is 23.2 Å². The Kier molecular flexibility index (Phi) is 5.88. The molecule has 2 N–H and O–H groups in total. The molecule has 0 spiro atoms. The minimum atomic E-state index is -0.509. The molecular formula is C21H24Cl2N4O. The lowest BCUT2D eigenvalue weighted by molar-refractivity contribution is -0.133. The van der Waals surface area contributed by atoms with Crippen molar-refractivity contribution in [2.24, 2.45) is 0 Å². The Bertz CT molecular complexity index is 822. The number of fused-ring (bicyclic) bond motifs is 1. The van der Waals surface area contributed by atoms with E-state index in [1.165, 1.54) is 11.1 Å². The van der Waals surface area contributed by atoms with Gasteiger partial charge in [0.2, 0.25) is 5.91 Å². The van der Waals surface area contributed by atoms with Crippen LogP contribution < -0.4 is 10.6 Å². The van der Waals surface area contributed by atoms with E-state index in [1.54, 1.807) is 12.1 Å². The smallest absolute Gasteiger partial charge is 0.241 e. The van der Waals surface area contributed by atoms with Gasteiger partial charge >= 0.3 is 0 Å². The molecule has 1 saturated heterocycles. The van der Waals surface area contributed by atoms with Gasteiger partial charge in [0.05, 0.1) is 0 Å². The minimum absolute atomic E-state index is 0.0960. The molecule has 1 amide bonds. The van der Waals surface area contributed by atoms with Crippen molar-refractivity contribution >= 4 is 29.1 Å². The number of piperazine rings is 1. The number of hydrogen-bond donors (Lipinski definition) is 2. The molecule has 0 bridgehead atoms. The highest BCUT2D eigenvalue weighted by Gasteiger charge is 2.48. The van der Waals surface area contributed by atoms with Crippen molar-refractivity contribution in [3.63, 3.8) is 0 Å². The zero-order valence-electron chi connectivity index (χ0n) is 15.7. The van der Waals surface area contributed by atoms with Crippen LogP contribution in [0.3, 0.4) is 0 Å². The van der Waals surface area contributed by atoms with Crippen molar-refractivity contribution in [2.45, 2.75) is 24.8 Å². The monoisotopic (exact) mass is 418 g/mol. The van der Waals surface area contributed by atoms with Crippen LogP contribution in [0.15, 0.2) is 36.4 Å². The quantitative estimate of drug-likeness (QED) is 0.732.